The molecular weight excluding hydrogens is 148 g/mol. The molecule has 0 fully saturated rings. The largest absolute Gasteiger partial charge is 0.285 e. The van der Waals surface area contributed by atoms with Crippen molar-refractivity contribution in [1.29, 1.82) is 0 Å². The first-order valence-electron chi connectivity index (χ1n) is 4.26. The van der Waals surface area contributed by atoms with Crippen molar-refractivity contribution in [3.63, 3.8) is 0 Å². The van der Waals surface area contributed by atoms with Gasteiger partial charge < -0.3 is 0 Å². The predicted molar refractivity (Wildman–Crippen MR) is 49.9 cm³/mol. The molecule has 1 aromatic rings. The van der Waals surface area contributed by atoms with Crippen LogP contribution in [0.1, 0.15) is 37.3 Å². The molecule has 0 saturated heterocycles. The minimum atomic E-state index is 0.575. The van der Waals surface area contributed by atoms with Gasteiger partial charge in [0.1, 0.15) is 0 Å². The van der Waals surface area contributed by atoms with Crippen LogP contribution in [-0.2, 0) is 4.79 Å². The van der Waals surface area contributed by atoms with Crippen LogP contribution in [0.3, 0.4) is 0 Å². The molecule has 0 bridgehead atoms. The van der Waals surface area contributed by atoms with E-state index in [2.05, 4.69) is 13.8 Å². The Bertz CT molecular complexity index is 248. The van der Waals surface area contributed by atoms with Gasteiger partial charge in [0, 0.05) is 5.56 Å². The third-order valence-electron chi connectivity index (χ3n) is 2.21. The fourth-order valence-electron chi connectivity index (χ4n) is 1.12. The number of carbonyl (C=O) groups excluding carboxylic acids is 1. The Morgan fingerprint density at radius 1 is 1.33 bits per heavy atom. The SMILES string of the molecule is CCC(C)c1ccc([C]=O)cc1. The molecular formula is C11H13O. The summed E-state index contributed by atoms with van der Waals surface area (Å²) in [6.07, 6.45) is 2.99. The summed E-state index contributed by atoms with van der Waals surface area (Å²) < 4.78 is 0. The molecule has 0 amide bonds. The van der Waals surface area contributed by atoms with Gasteiger partial charge in [-0.3, -0.25) is 4.79 Å². The lowest BCUT2D eigenvalue weighted by Gasteiger charge is -2.07. The second-order valence-corrected chi connectivity index (χ2v) is 3.03. The minimum Gasteiger partial charge on any atom is -0.285 e. The summed E-state index contributed by atoms with van der Waals surface area (Å²) in [6.45, 7) is 4.34. The van der Waals surface area contributed by atoms with Crippen molar-refractivity contribution in [2.45, 2.75) is 26.2 Å². The van der Waals surface area contributed by atoms with Gasteiger partial charge in [0.15, 0.2) is 0 Å². The summed E-state index contributed by atoms with van der Waals surface area (Å²) in [6, 6.07) is 7.62. The molecule has 0 heterocycles. The summed E-state index contributed by atoms with van der Waals surface area (Å²) in [5.41, 5.74) is 1.92. The fourth-order valence-corrected chi connectivity index (χ4v) is 1.12. The van der Waals surface area contributed by atoms with Crippen molar-refractivity contribution in [2.75, 3.05) is 0 Å². The van der Waals surface area contributed by atoms with E-state index in [4.69, 9.17) is 0 Å². The lowest BCUT2D eigenvalue weighted by Crippen LogP contribution is -1.91. The van der Waals surface area contributed by atoms with Crippen LogP contribution in [0, 0.1) is 0 Å². The van der Waals surface area contributed by atoms with Crippen LogP contribution < -0.4 is 0 Å². The molecule has 1 rings (SSSR count). The maximum atomic E-state index is 10.2. The van der Waals surface area contributed by atoms with Crippen molar-refractivity contribution >= 4 is 6.29 Å². The third kappa shape index (κ3) is 1.94. The standard InChI is InChI=1S/C11H13O/c1-3-9(2)11-6-4-10(8-12)5-7-11/h4-7,9H,3H2,1-2H3. The van der Waals surface area contributed by atoms with Crippen molar-refractivity contribution < 1.29 is 4.79 Å². The number of rotatable bonds is 3. The first-order chi connectivity index (χ1) is 5.77. The van der Waals surface area contributed by atoms with E-state index in [-0.39, 0.29) is 0 Å². The van der Waals surface area contributed by atoms with E-state index in [9.17, 15) is 4.79 Å². The lowest BCUT2D eigenvalue weighted by atomic mass is 9.98. The van der Waals surface area contributed by atoms with Crippen molar-refractivity contribution in [2.24, 2.45) is 0 Å². The Kier molecular flexibility index (Phi) is 3.03. The van der Waals surface area contributed by atoms with Gasteiger partial charge in [-0.1, -0.05) is 38.1 Å². The molecule has 1 nitrogen and oxygen atoms in total. The Balaban J connectivity index is 2.84. The van der Waals surface area contributed by atoms with Crippen LogP contribution >= 0.6 is 0 Å². The Morgan fingerprint density at radius 2 is 1.92 bits per heavy atom. The number of hydrogen-bond donors (Lipinski definition) is 0. The van der Waals surface area contributed by atoms with Gasteiger partial charge in [-0.25, -0.2) is 0 Å². The van der Waals surface area contributed by atoms with Crippen molar-refractivity contribution in [3.8, 4) is 0 Å². The average Bonchev–Trinajstić information content (AvgIpc) is 2.17. The monoisotopic (exact) mass is 161 g/mol. The van der Waals surface area contributed by atoms with Crippen LogP contribution in [0.15, 0.2) is 24.3 Å². The average molecular weight is 161 g/mol. The van der Waals surface area contributed by atoms with Gasteiger partial charge in [0.2, 0.25) is 6.29 Å². The summed E-state index contributed by atoms with van der Waals surface area (Å²) in [5, 5.41) is 0. The second kappa shape index (κ2) is 4.05. The van der Waals surface area contributed by atoms with Crippen molar-refractivity contribution in [3.05, 3.63) is 35.4 Å². The Labute approximate surface area is 73.4 Å². The van der Waals surface area contributed by atoms with Crippen LogP contribution in [0.5, 0.6) is 0 Å². The molecule has 1 atom stereocenters. The second-order valence-electron chi connectivity index (χ2n) is 3.03. The topological polar surface area (TPSA) is 17.1 Å². The number of benzene rings is 1. The lowest BCUT2D eigenvalue weighted by molar-refractivity contribution is 0.562. The van der Waals surface area contributed by atoms with Gasteiger partial charge in [-0.15, -0.1) is 0 Å². The third-order valence-corrected chi connectivity index (χ3v) is 2.21. The smallest absolute Gasteiger partial charge is 0.233 e. The van der Waals surface area contributed by atoms with E-state index in [0.717, 1.165) is 6.42 Å². The summed E-state index contributed by atoms with van der Waals surface area (Å²) >= 11 is 0. The van der Waals surface area contributed by atoms with E-state index in [1.165, 1.54) is 5.56 Å². The summed E-state index contributed by atoms with van der Waals surface area (Å²) in [7, 11) is 0. The quantitative estimate of drug-likeness (QED) is 0.666. The Hall–Kier alpha value is -1.11. The minimum absolute atomic E-state index is 0.575. The molecule has 0 aromatic heterocycles. The van der Waals surface area contributed by atoms with Crippen LogP contribution in [-0.4, -0.2) is 6.29 Å². The molecule has 0 aliphatic rings. The highest BCUT2D eigenvalue weighted by atomic mass is 16.1. The Morgan fingerprint density at radius 3 is 2.33 bits per heavy atom. The highest BCUT2D eigenvalue weighted by Gasteiger charge is 2.01. The molecule has 1 unspecified atom stereocenters. The molecule has 63 valence electrons. The molecule has 0 aliphatic heterocycles. The molecule has 0 spiro atoms. The van der Waals surface area contributed by atoms with E-state index >= 15 is 0 Å². The highest BCUT2D eigenvalue weighted by molar-refractivity contribution is 5.75. The predicted octanol–water partition coefficient (Wildman–Crippen LogP) is 2.66. The van der Waals surface area contributed by atoms with Crippen LogP contribution in [0.25, 0.3) is 0 Å². The zero-order valence-electron chi connectivity index (χ0n) is 7.50. The highest BCUT2D eigenvalue weighted by Crippen LogP contribution is 2.18. The summed E-state index contributed by atoms with van der Waals surface area (Å²) in [5.74, 6) is 0.575. The van der Waals surface area contributed by atoms with Crippen molar-refractivity contribution in [1.82, 2.24) is 0 Å². The molecule has 0 saturated carbocycles. The van der Waals surface area contributed by atoms with E-state index in [1.54, 1.807) is 0 Å². The van der Waals surface area contributed by atoms with E-state index in [0.29, 0.717) is 11.5 Å². The molecule has 1 heteroatoms. The first-order valence-corrected chi connectivity index (χ1v) is 4.26. The zero-order valence-corrected chi connectivity index (χ0v) is 7.50. The van der Waals surface area contributed by atoms with Gasteiger partial charge in [-0.05, 0) is 17.9 Å². The zero-order chi connectivity index (χ0) is 8.97. The van der Waals surface area contributed by atoms with Gasteiger partial charge in [0.25, 0.3) is 0 Å². The normalized spacial score (nSPS) is 12.5. The van der Waals surface area contributed by atoms with Gasteiger partial charge in [0.05, 0.1) is 0 Å². The summed E-state index contributed by atoms with van der Waals surface area (Å²) in [4.78, 5) is 10.2. The molecule has 0 aliphatic carbocycles. The maximum Gasteiger partial charge on any atom is 0.233 e. The van der Waals surface area contributed by atoms with E-state index in [1.807, 2.05) is 30.6 Å². The van der Waals surface area contributed by atoms with E-state index < -0.39 is 0 Å². The molecule has 0 N–H and O–H groups in total. The first kappa shape index (κ1) is 8.98. The number of hydrogen-bond acceptors (Lipinski definition) is 1. The fraction of sp³-hybridized carbons (Fsp3) is 0.364. The van der Waals surface area contributed by atoms with Crippen LogP contribution in [0.2, 0.25) is 0 Å². The van der Waals surface area contributed by atoms with Gasteiger partial charge >= 0.3 is 0 Å². The molecule has 1 aromatic carbocycles. The van der Waals surface area contributed by atoms with Gasteiger partial charge in [-0.2, -0.15) is 0 Å². The van der Waals surface area contributed by atoms with Crippen LogP contribution in [0.4, 0.5) is 0 Å². The molecule has 1 radical (unpaired) electrons. The molecule has 12 heavy (non-hydrogen) atoms. The maximum absolute atomic E-state index is 10.2.